The van der Waals surface area contributed by atoms with Crippen LogP contribution in [0.4, 0.5) is 0 Å². The molecule has 0 aliphatic carbocycles. The molecule has 8 nitrogen and oxygen atoms in total. The molecule has 5 N–H and O–H groups in total. The summed E-state index contributed by atoms with van der Waals surface area (Å²) in [5.41, 5.74) is 0. The summed E-state index contributed by atoms with van der Waals surface area (Å²) in [6.45, 7) is 0.652. The van der Waals surface area contributed by atoms with Crippen molar-refractivity contribution in [2.24, 2.45) is 0 Å². The van der Waals surface area contributed by atoms with Gasteiger partial charge in [0.2, 0.25) is 0 Å². The van der Waals surface area contributed by atoms with Gasteiger partial charge in [-0.3, -0.25) is 0 Å². The monoisotopic (exact) mass is 252 g/mol. The van der Waals surface area contributed by atoms with Crippen LogP contribution < -0.4 is 0 Å². The number of carboxylic acid groups (broad SMARTS) is 1. The molecule has 0 amide bonds. The average Bonchev–Trinajstić information content (AvgIpc) is 2.29. The van der Waals surface area contributed by atoms with Crippen molar-refractivity contribution in [1.82, 2.24) is 0 Å². The maximum absolute atomic E-state index is 10.6. The van der Waals surface area contributed by atoms with Crippen LogP contribution in [0.2, 0.25) is 0 Å². The predicted octanol–water partition coefficient (Wildman–Crippen LogP) is -2.72. The van der Waals surface area contributed by atoms with Crippen LogP contribution in [0, 0.1) is 0 Å². The summed E-state index contributed by atoms with van der Waals surface area (Å²) in [5.74, 6) is -1.26. The second kappa shape index (κ2) is 5.71. The molecule has 0 aromatic carbocycles. The molecule has 8 heteroatoms. The number of ether oxygens (including phenoxy) is 2. The van der Waals surface area contributed by atoms with E-state index < -0.39 is 49.4 Å². The number of carbonyl (C=O) groups is 1. The van der Waals surface area contributed by atoms with Gasteiger partial charge in [-0.05, 0) is 6.92 Å². The summed E-state index contributed by atoms with van der Waals surface area (Å²) in [6, 6.07) is 0. The molecule has 1 aliphatic rings. The standard InChI is InChI=1S/C9H16O8/c1-3(8(13)14)16-7-4(2-10)17-9(15)6(12)5(7)11/h3-7,9-12,15H,2H2,1H3,(H,13,14)/t3-,4-,5-,6+,7-,9+/m1/s1. The third-order valence-electron chi connectivity index (χ3n) is 2.55. The van der Waals surface area contributed by atoms with E-state index in [2.05, 4.69) is 0 Å². The van der Waals surface area contributed by atoms with Crippen molar-refractivity contribution in [3.05, 3.63) is 0 Å². The molecule has 0 unspecified atom stereocenters. The Kier molecular flexibility index (Phi) is 4.80. The Balaban J connectivity index is 2.75. The minimum absolute atomic E-state index is 0.585. The number of aliphatic carboxylic acids is 1. The minimum atomic E-state index is -1.65. The lowest BCUT2D eigenvalue weighted by Crippen LogP contribution is -2.60. The van der Waals surface area contributed by atoms with Crippen LogP contribution in [-0.2, 0) is 14.3 Å². The number of aliphatic hydroxyl groups excluding tert-OH is 4. The van der Waals surface area contributed by atoms with E-state index in [1.54, 1.807) is 0 Å². The summed E-state index contributed by atoms with van der Waals surface area (Å²) < 4.78 is 9.77. The summed E-state index contributed by atoms with van der Waals surface area (Å²) in [4.78, 5) is 10.6. The van der Waals surface area contributed by atoms with Gasteiger partial charge < -0.3 is 35.0 Å². The first-order valence-electron chi connectivity index (χ1n) is 5.07. The molecular weight excluding hydrogens is 236 g/mol. The predicted molar refractivity (Wildman–Crippen MR) is 52.0 cm³/mol. The fourth-order valence-electron chi connectivity index (χ4n) is 1.53. The molecule has 1 fully saturated rings. The van der Waals surface area contributed by atoms with Crippen molar-refractivity contribution in [1.29, 1.82) is 0 Å². The number of aliphatic hydroxyl groups is 4. The van der Waals surface area contributed by atoms with E-state index >= 15 is 0 Å². The minimum Gasteiger partial charge on any atom is -0.479 e. The van der Waals surface area contributed by atoms with Crippen LogP contribution in [-0.4, -0.2) is 74.9 Å². The van der Waals surface area contributed by atoms with Gasteiger partial charge in [0.05, 0.1) is 6.61 Å². The molecule has 0 bridgehead atoms. The van der Waals surface area contributed by atoms with Crippen molar-refractivity contribution >= 4 is 5.97 Å². The molecule has 0 aromatic rings. The van der Waals surface area contributed by atoms with E-state index in [4.69, 9.17) is 19.7 Å². The first kappa shape index (κ1) is 14.3. The highest BCUT2D eigenvalue weighted by Crippen LogP contribution is 2.23. The molecule has 0 radical (unpaired) electrons. The Morgan fingerprint density at radius 2 is 1.94 bits per heavy atom. The Hall–Kier alpha value is -0.770. The van der Waals surface area contributed by atoms with Gasteiger partial charge in [-0.2, -0.15) is 0 Å². The highest BCUT2D eigenvalue weighted by Gasteiger charge is 2.45. The molecular formula is C9H16O8. The topological polar surface area (TPSA) is 137 Å². The molecule has 0 saturated carbocycles. The Bertz CT molecular complexity index is 268. The number of hydrogen-bond acceptors (Lipinski definition) is 7. The van der Waals surface area contributed by atoms with E-state index in [9.17, 15) is 20.1 Å². The molecule has 0 aromatic heterocycles. The molecule has 6 atom stereocenters. The van der Waals surface area contributed by atoms with Gasteiger partial charge in [0.25, 0.3) is 0 Å². The van der Waals surface area contributed by atoms with Crippen LogP contribution in [0.25, 0.3) is 0 Å². The van der Waals surface area contributed by atoms with Gasteiger partial charge in [0.15, 0.2) is 12.4 Å². The van der Waals surface area contributed by atoms with Gasteiger partial charge in [0, 0.05) is 0 Å². The lowest BCUT2D eigenvalue weighted by atomic mass is 9.99. The third-order valence-corrected chi connectivity index (χ3v) is 2.55. The van der Waals surface area contributed by atoms with Crippen molar-refractivity contribution in [2.45, 2.75) is 43.7 Å². The summed E-state index contributed by atoms with van der Waals surface area (Å²) in [6.07, 6.45) is -8.40. The van der Waals surface area contributed by atoms with Crippen molar-refractivity contribution in [2.75, 3.05) is 6.61 Å². The Morgan fingerprint density at radius 1 is 1.35 bits per heavy atom. The average molecular weight is 252 g/mol. The maximum atomic E-state index is 10.6. The van der Waals surface area contributed by atoms with E-state index in [0.717, 1.165) is 0 Å². The van der Waals surface area contributed by atoms with E-state index in [-0.39, 0.29) is 0 Å². The third kappa shape index (κ3) is 3.12. The summed E-state index contributed by atoms with van der Waals surface area (Å²) >= 11 is 0. The van der Waals surface area contributed by atoms with Crippen molar-refractivity contribution in [3.63, 3.8) is 0 Å². The van der Waals surface area contributed by atoms with Gasteiger partial charge in [0.1, 0.15) is 24.4 Å². The van der Waals surface area contributed by atoms with E-state index in [1.165, 1.54) is 6.92 Å². The smallest absolute Gasteiger partial charge is 0.332 e. The zero-order valence-corrected chi connectivity index (χ0v) is 9.13. The molecule has 1 rings (SSSR count). The Morgan fingerprint density at radius 3 is 2.41 bits per heavy atom. The zero-order chi connectivity index (χ0) is 13.2. The van der Waals surface area contributed by atoms with E-state index in [0.29, 0.717) is 0 Å². The number of rotatable bonds is 4. The van der Waals surface area contributed by atoms with Crippen LogP contribution in [0.1, 0.15) is 6.92 Å². The summed E-state index contributed by atoms with van der Waals surface area (Å²) in [5, 5.41) is 45.8. The first-order chi connectivity index (χ1) is 7.88. The highest BCUT2D eigenvalue weighted by molar-refractivity contribution is 5.71. The van der Waals surface area contributed by atoms with Crippen molar-refractivity contribution < 1.29 is 39.8 Å². The fraction of sp³-hybridized carbons (Fsp3) is 0.889. The normalized spacial score (nSPS) is 39.9. The van der Waals surface area contributed by atoms with Crippen molar-refractivity contribution in [3.8, 4) is 0 Å². The first-order valence-corrected chi connectivity index (χ1v) is 5.07. The Labute approximate surface area is 97.0 Å². The van der Waals surface area contributed by atoms with Gasteiger partial charge in [-0.1, -0.05) is 0 Å². The molecule has 17 heavy (non-hydrogen) atoms. The lowest BCUT2D eigenvalue weighted by molar-refractivity contribution is -0.298. The molecule has 1 aliphatic heterocycles. The zero-order valence-electron chi connectivity index (χ0n) is 9.13. The highest BCUT2D eigenvalue weighted by atomic mass is 16.7. The quantitative estimate of drug-likeness (QED) is 0.364. The van der Waals surface area contributed by atoms with Crippen LogP contribution in [0.15, 0.2) is 0 Å². The van der Waals surface area contributed by atoms with Gasteiger partial charge in [-0.15, -0.1) is 0 Å². The molecule has 0 spiro atoms. The lowest BCUT2D eigenvalue weighted by Gasteiger charge is -2.40. The largest absolute Gasteiger partial charge is 0.479 e. The summed E-state index contributed by atoms with van der Waals surface area (Å²) in [7, 11) is 0. The number of hydrogen-bond donors (Lipinski definition) is 5. The SMILES string of the molecule is C[C@@H](O[C@H]1[C@H](O)[C@H](O)[C@@H](O)O[C@@H]1CO)C(=O)O. The van der Waals surface area contributed by atoms with Crippen LogP contribution in [0.5, 0.6) is 0 Å². The maximum Gasteiger partial charge on any atom is 0.332 e. The molecule has 100 valence electrons. The fourth-order valence-corrected chi connectivity index (χ4v) is 1.53. The van der Waals surface area contributed by atoms with Gasteiger partial charge >= 0.3 is 5.97 Å². The van der Waals surface area contributed by atoms with Gasteiger partial charge in [-0.25, -0.2) is 4.79 Å². The van der Waals surface area contributed by atoms with E-state index in [1.807, 2.05) is 0 Å². The number of carboxylic acids is 1. The second-order valence-electron chi connectivity index (χ2n) is 3.81. The van der Waals surface area contributed by atoms with Crippen LogP contribution in [0.3, 0.4) is 0 Å². The molecule has 1 heterocycles. The van der Waals surface area contributed by atoms with Crippen LogP contribution >= 0.6 is 0 Å². The molecule has 1 saturated heterocycles. The second-order valence-corrected chi connectivity index (χ2v) is 3.81.